The fourth-order valence-electron chi connectivity index (χ4n) is 6.47. The van der Waals surface area contributed by atoms with Gasteiger partial charge in [0, 0.05) is 45.8 Å². The molecule has 41 heavy (non-hydrogen) atoms. The van der Waals surface area contributed by atoms with Crippen molar-refractivity contribution in [2.75, 3.05) is 52.9 Å². The number of fused-ring (bicyclic) bond motifs is 2. The summed E-state index contributed by atoms with van der Waals surface area (Å²) in [6, 6.07) is 22.7. The van der Waals surface area contributed by atoms with Crippen molar-refractivity contribution < 1.29 is 9.53 Å². The Kier molecular flexibility index (Phi) is 8.68. The van der Waals surface area contributed by atoms with Gasteiger partial charge in [0.2, 0.25) is 5.91 Å². The Morgan fingerprint density at radius 1 is 0.902 bits per heavy atom. The van der Waals surface area contributed by atoms with Crippen molar-refractivity contribution in [3.8, 4) is 0 Å². The van der Waals surface area contributed by atoms with E-state index in [-0.39, 0.29) is 24.1 Å². The number of likely N-dealkylation sites (tertiary alicyclic amines) is 1. The van der Waals surface area contributed by atoms with Crippen molar-refractivity contribution in [1.29, 1.82) is 0 Å². The highest BCUT2D eigenvalue weighted by atomic mass is 35.5. The molecule has 0 bridgehead atoms. The van der Waals surface area contributed by atoms with Gasteiger partial charge < -0.3 is 14.5 Å². The summed E-state index contributed by atoms with van der Waals surface area (Å²) in [7, 11) is 2.18. The van der Waals surface area contributed by atoms with Gasteiger partial charge >= 0.3 is 0 Å². The van der Waals surface area contributed by atoms with Gasteiger partial charge in [-0.05, 0) is 59.8 Å². The van der Waals surface area contributed by atoms with Crippen LogP contribution in [0.1, 0.15) is 46.7 Å². The van der Waals surface area contributed by atoms with Crippen molar-refractivity contribution in [2.45, 2.75) is 37.6 Å². The Balaban J connectivity index is 1.14. The Morgan fingerprint density at radius 2 is 1.66 bits per heavy atom. The maximum Gasteiger partial charge on any atom is 0.236 e. The van der Waals surface area contributed by atoms with E-state index in [0.717, 1.165) is 56.7 Å². The van der Waals surface area contributed by atoms with Gasteiger partial charge in [-0.15, -0.1) is 0 Å². The Hall–Kier alpha value is -2.45. The maximum atomic E-state index is 13.5. The topological polar surface area (TPSA) is 48.0 Å². The monoisotopic (exact) mass is 592 g/mol. The molecule has 3 aliphatic rings. The molecule has 6 nitrogen and oxygen atoms in total. The molecule has 0 aromatic heterocycles. The summed E-state index contributed by atoms with van der Waals surface area (Å²) in [5.74, 6) is 0.102. The van der Waals surface area contributed by atoms with E-state index in [1.54, 1.807) is 0 Å². The van der Waals surface area contributed by atoms with Crippen molar-refractivity contribution in [1.82, 2.24) is 20.0 Å². The molecule has 1 amide bonds. The molecule has 1 N–H and O–H groups in total. The van der Waals surface area contributed by atoms with Gasteiger partial charge in [0.05, 0.1) is 34.8 Å². The highest BCUT2D eigenvalue weighted by molar-refractivity contribution is 6.42. The number of halogens is 2. The average molecular weight is 594 g/mol. The molecule has 3 aliphatic heterocycles. The number of rotatable bonds is 7. The van der Waals surface area contributed by atoms with Gasteiger partial charge in [-0.1, -0.05) is 77.8 Å². The molecule has 1 spiro atoms. The molecule has 3 aromatic rings. The highest BCUT2D eigenvalue weighted by Gasteiger charge is 2.43. The minimum Gasteiger partial charge on any atom is -0.365 e. The van der Waals surface area contributed by atoms with Crippen LogP contribution in [-0.2, 0) is 28.3 Å². The van der Waals surface area contributed by atoms with E-state index < -0.39 is 0 Å². The smallest absolute Gasteiger partial charge is 0.236 e. The van der Waals surface area contributed by atoms with E-state index in [4.69, 9.17) is 27.9 Å². The SMILES string of the molecule is CN1CCN(Cc2cccc(C(NCC(=O)N3CCC4(CC3)OCc3ccccc34)c3ccc(Cl)c(Cl)c3)c2)CC1. The number of ether oxygens (including phenoxy) is 1. The Bertz CT molecular complexity index is 1380. The zero-order valence-electron chi connectivity index (χ0n) is 23.6. The Labute approximate surface area is 253 Å². The van der Waals surface area contributed by atoms with Crippen molar-refractivity contribution in [3.05, 3.63) is 105 Å². The van der Waals surface area contributed by atoms with Crippen LogP contribution in [0.5, 0.6) is 0 Å². The molecular formula is C33H38Cl2N4O2. The fourth-order valence-corrected chi connectivity index (χ4v) is 6.78. The fraction of sp³-hybridized carbons (Fsp3) is 0.424. The largest absolute Gasteiger partial charge is 0.365 e. The van der Waals surface area contributed by atoms with Crippen LogP contribution in [0.15, 0.2) is 66.7 Å². The third-order valence-electron chi connectivity index (χ3n) is 8.96. The first-order chi connectivity index (χ1) is 19.9. The molecule has 8 heteroatoms. The number of nitrogens with one attached hydrogen (secondary N) is 1. The number of carbonyl (C=O) groups is 1. The third-order valence-corrected chi connectivity index (χ3v) is 9.70. The van der Waals surface area contributed by atoms with E-state index in [1.807, 2.05) is 23.1 Å². The second kappa shape index (κ2) is 12.4. The second-order valence-corrected chi connectivity index (χ2v) is 12.4. The normalized spacial score (nSPS) is 19.8. The van der Waals surface area contributed by atoms with Crippen molar-refractivity contribution in [3.63, 3.8) is 0 Å². The van der Waals surface area contributed by atoms with Crippen LogP contribution < -0.4 is 5.32 Å². The van der Waals surface area contributed by atoms with Crippen LogP contribution in [0.4, 0.5) is 0 Å². The number of piperazine rings is 1. The van der Waals surface area contributed by atoms with Gasteiger partial charge in [-0.3, -0.25) is 15.0 Å². The standard InChI is InChI=1S/C33H38Cl2N4O2/c1-37-15-17-38(18-16-37)22-24-5-4-7-25(19-24)32(26-9-10-29(34)30(35)20-26)36-21-31(40)39-13-11-33(12-14-39)28-8-3-2-6-27(28)23-41-33/h2-10,19-20,32,36H,11-18,21-23H2,1H3. The minimum atomic E-state index is -0.256. The zero-order valence-corrected chi connectivity index (χ0v) is 25.1. The molecule has 1 atom stereocenters. The van der Waals surface area contributed by atoms with Crippen LogP contribution in [0.25, 0.3) is 0 Å². The van der Waals surface area contributed by atoms with Gasteiger partial charge in [0.15, 0.2) is 0 Å². The Morgan fingerprint density at radius 3 is 2.44 bits per heavy atom. The second-order valence-electron chi connectivity index (χ2n) is 11.6. The third kappa shape index (κ3) is 6.34. The average Bonchev–Trinajstić information content (AvgIpc) is 3.34. The number of carbonyl (C=O) groups excluding carboxylic acids is 1. The van der Waals surface area contributed by atoms with Gasteiger partial charge in [0.25, 0.3) is 0 Å². The minimum absolute atomic E-state index is 0.102. The first-order valence-corrected chi connectivity index (χ1v) is 15.3. The van der Waals surface area contributed by atoms with Gasteiger partial charge in [-0.2, -0.15) is 0 Å². The van der Waals surface area contributed by atoms with Crippen LogP contribution in [0.3, 0.4) is 0 Å². The first-order valence-electron chi connectivity index (χ1n) is 14.6. The molecular weight excluding hydrogens is 555 g/mol. The van der Waals surface area contributed by atoms with Gasteiger partial charge in [-0.25, -0.2) is 0 Å². The van der Waals surface area contributed by atoms with E-state index >= 15 is 0 Å². The summed E-state index contributed by atoms with van der Waals surface area (Å²) in [6.45, 7) is 7.49. The van der Waals surface area contributed by atoms with Crippen LogP contribution in [0, 0.1) is 0 Å². The van der Waals surface area contributed by atoms with Crippen LogP contribution >= 0.6 is 23.2 Å². The quantitative estimate of drug-likeness (QED) is 0.394. The van der Waals surface area contributed by atoms with E-state index in [2.05, 4.69) is 70.7 Å². The van der Waals surface area contributed by atoms with E-state index in [1.165, 1.54) is 16.7 Å². The molecule has 6 rings (SSSR count). The molecule has 0 radical (unpaired) electrons. The number of nitrogens with zero attached hydrogens (tertiary/aromatic N) is 3. The zero-order chi connectivity index (χ0) is 28.4. The van der Waals surface area contributed by atoms with E-state index in [0.29, 0.717) is 29.7 Å². The molecule has 2 saturated heterocycles. The lowest BCUT2D eigenvalue weighted by Crippen LogP contribution is -2.48. The molecule has 2 fully saturated rings. The van der Waals surface area contributed by atoms with E-state index in [9.17, 15) is 4.79 Å². The number of likely N-dealkylation sites (N-methyl/N-ethyl adjacent to an activating group) is 1. The summed E-state index contributed by atoms with van der Waals surface area (Å²) < 4.78 is 6.30. The lowest BCUT2D eigenvalue weighted by Gasteiger charge is -2.39. The maximum absolute atomic E-state index is 13.5. The van der Waals surface area contributed by atoms with Crippen LogP contribution in [0.2, 0.25) is 10.0 Å². The molecule has 3 heterocycles. The van der Waals surface area contributed by atoms with Crippen LogP contribution in [-0.4, -0.2) is 73.5 Å². The van der Waals surface area contributed by atoms with Gasteiger partial charge in [0.1, 0.15) is 0 Å². The summed E-state index contributed by atoms with van der Waals surface area (Å²) >= 11 is 12.7. The van der Waals surface area contributed by atoms with Crippen molar-refractivity contribution in [2.24, 2.45) is 0 Å². The molecule has 0 saturated carbocycles. The number of piperidine rings is 1. The number of amides is 1. The summed E-state index contributed by atoms with van der Waals surface area (Å²) in [4.78, 5) is 20.3. The summed E-state index contributed by atoms with van der Waals surface area (Å²) in [6.07, 6.45) is 1.64. The number of benzene rings is 3. The number of hydrogen-bond donors (Lipinski definition) is 1. The summed E-state index contributed by atoms with van der Waals surface area (Å²) in [5, 5.41) is 4.59. The van der Waals surface area contributed by atoms with Crippen molar-refractivity contribution >= 4 is 29.1 Å². The lowest BCUT2D eigenvalue weighted by molar-refractivity contribution is -0.137. The number of hydrogen-bond acceptors (Lipinski definition) is 5. The summed E-state index contributed by atoms with van der Waals surface area (Å²) in [5.41, 5.74) is 5.67. The molecule has 3 aromatic carbocycles. The molecule has 216 valence electrons. The molecule has 0 aliphatic carbocycles. The first kappa shape index (κ1) is 28.7. The molecule has 1 unspecified atom stereocenters. The predicted octanol–water partition coefficient (Wildman–Crippen LogP) is 5.47. The highest BCUT2D eigenvalue weighted by Crippen LogP contribution is 2.44. The predicted molar refractivity (Wildman–Crippen MR) is 164 cm³/mol. The lowest BCUT2D eigenvalue weighted by atomic mass is 9.84.